The molecule has 2 heterocycles. The van der Waals surface area contributed by atoms with E-state index < -0.39 is 12.0 Å². The molecule has 0 unspecified atom stereocenters. The van der Waals surface area contributed by atoms with Crippen LogP contribution in [0.2, 0.25) is 0 Å². The van der Waals surface area contributed by atoms with Gasteiger partial charge in [-0.1, -0.05) is 46.3 Å². The van der Waals surface area contributed by atoms with Gasteiger partial charge in [0.15, 0.2) is 0 Å². The Morgan fingerprint density at radius 1 is 1.24 bits per heavy atom. The summed E-state index contributed by atoms with van der Waals surface area (Å²) in [4.78, 5) is 17.4. The molecular formula is C21H19BrN4O3. The maximum absolute atomic E-state index is 13.1. The second kappa shape index (κ2) is 8.08. The largest absolute Gasteiger partial charge is 0.496 e. The standard InChI is InChI=1S/C21H19BrN4O3/c1-13-18(20(27)29-11-14-6-4-3-5-7-14)19(26-21(25-13)23-12-24-26)16-10-15(22)8-9-17(16)28-2/h3-10,12,19H,11H2,1-2H3,(H,23,24,25)/t19-/m1/s1. The van der Waals surface area contributed by atoms with Crippen molar-refractivity contribution in [2.45, 2.75) is 19.6 Å². The Morgan fingerprint density at radius 3 is 2.79 bits per heavy atom. The minimum Gasteiger partial charge on any atom is -0.496 e. The van der Waals surface area contributed by atoms with Crippen LogP contribution in [0, 0.1) is 0 Å². The number of ether oxygens (including phenoxy) is 2. The Labute approximate surface area is 176 Å². The summed E-state index contributed by atoms with van der Waals surface area (Å²) in [6, 6.07) is 14.7. The summed E-state index contributed by atoms with van der Waals surface area (Å²) < 4.78 is 13.7. The third-order valence-electron chi connectivity index (χ3n) is 4.71. The molecule has 0 saturated heterocycles. The number of hydrogen-bond donors (Lipinski definition) is 1. The molecule has 1 aromatic heterocycles. The first-order valence-electron chi connectivity index (χ1n) is 9.00. The molecule has 0 spiro atoms. The number of esters is 1. The van der Waals surface area contributed by atoms with Crippen molar-refractivity contribution in [3.63, 3.8) is 0 Å². The van der Waals surface area contributed by atoms with Gasteiger partial charge in [-0.25, -0.2) is 9.48 Å². The van der Waals surface area contributed by atoms with Crippen LogP contribution in [0.25, 0.3) is 0 Å². The predicted octanol–water partition coefficient (Wildman–Crippen LogP) is 4.08. The molecule has 0 saturated carbocycles. The van der Waals surface area contributed by atoms with Gasteiger partial charge in [-0.15, -0.1) is 0 Å². The van der Waals surface area contributed by atoms with E-state index in [1.54, 1.807) is 11.8 Å². The summed E-state index contributed by atoms with van der Waals surface area (Å²) in [6.07, 6.45) is 1.45. The van der Waals surface area contributed by atoms with E-state index in [1.165, 1.54) is 6.33 Å². The molecule has 0 radical (unpaired) electrons. The number of hydrogen-bond acceptors (Lipinski definition) is 6. The zero-order valence-corrected chi connectivity index (χ0v) is 17.5. The van der Waals surface area contributed by atoms with Gasteiger partial charge in [0, 0.05) is 15.7 Å². The van der Waals surface area contributed by atoms with Gasteiger partial charge in [0.1, 0.15) is 24.7 Å². The predicted molar refractivity (Wildman–Crippen MR) is 111 cm³/mol. The monoisotopic (exact) mass is 454 g/mol. The Hall–Kier alpha value is -3.13. The van der Waals surface area contributed by atoms with Crippen molar-refractivity contribution in [1.29, 1.82) is 0 Å². The highest BCUT2D eigenvalue weighted by atomic mass is 79.9. The lowest BCUT2D eigenvalue weighted by atomic mass is 9.95. The maximum Gasteiger partial charge on any atom is 0.338 e. The van der Waals surface area contributed by atoms with E-state index in [0.29, 0.717) is 23.0 Å². The van der Waals surface area contributed by atoms with Gasteiger partial charge >= 0.3 is 5.97 Å². The van der Waals surface area contributed by atoms with Gasteiger partial charge in [-0.2, -0.15) is 10.1 Å². The zero-order valence-electron chi connectivity index (χ0n) is 15.9. The Balaban J connectivity index is 1.74. The molecule has 2 aromatic carbocycles. The molecule has 1 N–H and O–H groups in total. The lowest BCUT2D eigenvalue weighted by Crippen LogP contribution is -2.30. The van der Waals surface area contributed by atoms with E-state index in [4.69, 9.17) is 9.47 Å². The topological polar surface area (TPSA) is 78.3 Å². The highest BCUT2D eigenvalue weighted by Crippen LogP contribution is 2.40. The van der Waals surface area contributed by atoms with Crippen LogP contribution in [0.5, 0.6) is 5.75 Å². The number of fused-ring (bicyclic) bond motifs is 1. The first-order chi connectivity index (χ1) is 14.1. The number of carbonyl (C=O) groups excluding carboxylic acids is 1. The number of nitrogens with zero attached hydrogens (tertiary/aromatic N) is 3. The molecular weight excluding hydrogens is 436 g/mol. The van der Waals surface area contributed by atoms with E-state index in [-0.39, 0.29) is 6.61 Å². The SMILES string of the molecule is COc1ccc(Br)cc1[C@@H]1C(C(=O)OCc2ccccc2)=C(C)Nc2ncnn21. The van der Waals surface area contributed by atoms with Gasteiger partial charge in [0.05, 0.1) is 12.7 Å². The number of carbonyl (C=O) groups is 1. The number of anilines is 1. The fourth-order valence-corrected chi connectivity index (χ4v) is 3.74. The molecule has 29 heavy (non-hydrogen) atoms. The lowest BCUT2D eigenvalue weighted by Gasteiger charge is -2.29. The number of nitrogens with one attached hydrogen (secondary N) is 1. The zero-order chi connectivity index (χ0) is 20.4. The van der Waals surface area contributed by atoms with Crippen LogP contribution >= 0.6 is 15.9 Å². The molecule has 148 valence electrons. The molecule has 0 aliphatic carbocycles. The fraction of sp³-hybridized carbons (Fsp3) is 0.190. The van der Waals surface area contributed by atoms with Crippen molar-refractivity contribution in [1.82, 2.24) is 14.8 Å². The van der Waals surface area contributed by atoms with E-state index in [1.807, 2.05) is 55.5 Å². The number of methoxy groups -OCH3 is 1. The minimum atomic E-state index is -0.538. The van der Waals surface area contributed by atoms with Crippen LogP contribution < -0.4 is 10.1 Å². The molecule has 7 nitrogen and oxygen atoms in total. The lowest BCUT2D eigenvalue weighted by molar-refractivity contribution is -0.140. The van der Waals surface area contributed by atoms with Crippen LogP contribution in [-0.4, -0.2) is 27.8 Å². The average Bonchev–Trinajstić information content (AvgIpc) is 3.19. The summed E-state index contributed by atoms with van der Waals surface area (Å²) in [5.41, 5.74) is 2.81. The first kappa shape index (κ1) is 19.2. The minimum absolute atomic E-state index is 0.184. The smallest absolute Gasteiger partial charge is 0.338 e. The third-order valence-corrected chi connectivity index (χ3v) is 5.21. The highest BCUT2D eigenvalue weighted by Gasteiger charge is 2.36. The second-order valence-electron chi connectivity index (χ2n) is 6.54. The van der Waals surface area contributed by atoms with E-state index in [0.717, 1.165) is 15.6 Å². The highest BCUT2D eigenvalue weighted by molar-refractivity contribution is 9.10. The summed E-state index contributed by atoms with van der Waals surface area (Å²) in [6.45, 7) is 2.01. The summed E-state index contributed by atoms with van der Waals surface area (Å²) in [5, 5.41) is 7.47. The number of halogens is 1. The normalized spacial score (nSPS) is 15.5. The molecule has 8 heteroatoms. The van der Waals surface area contributed by atoms with Gasteiger partial charge in [-0.05, 0) is 30.7 Å². The molecule has 0 amide bonds. The van der Waals surface area contributed by atoms with Crippen molar-refractivity contribution in [2.24, 2.45) is 0 Å². The average molecular weight is 455 g/mol. The van der Waals surface area contributed by atoms with E-state index in [2.05, 4.69) is 31.3 Å². The van der Waals surface area contributed by atoms with Gasteiger partial charge in [-0.3, -0.25) is 0 Å². The Bertz CT molecular complexity index is 1080. The second-order valence-corrected chi connectivity index (χ2v) is 7.46. The third kappa shape index (κ3) is 3.75. The number of allylic oxidation sites excluding steroid dienone is 1. The van der Waals surface area contributed by atoms with Crippen LogP contribution in [0.4, 0.5) is 5.95 Å². The number of rotatable bonds is 5. The van der Waals surface area contributed by atoms with Crippen molar-refractivity contribution < 1.29 is 14.3 Å². The van der Waals surface area contributed by atoms with Crippen LogP contribution in [0.1, 0.15) is 24.1 Å². The van der Waals surface area contributed by atoms with E-state index in [9.17, 15) is 4.79 Å². The molecule has 4 rings (SSSR count). The number of aromatic nitrogens is 3. The van der Waals surface area contributed by atoms with Crippen LogP contribution in [-0.2, 0) is 16.1 Å². The van der Waals surface area contributed by atoms with Gasteiger partial charge in [0.2, 0.25) is 5.95 Å². The number of benzene rings is 2. The molecule has 1 aliphatic heterocycles. The van der Waals surface area contributed by atoms with Crippen molar-refractivity contribution in [3.8, 4) is 5.75 Å². The van der Waals surface area contributed by atoms with Crippen LogP contribution in [0.3, 0.4) is 0 Å². The van der Waals surface area contributed by atoms with Crippen molar-refractivity contribution in [2.75, 3.05) is 12.4 Å². The summed E-state index contributed by atoms with van der Waals surface area (Å²) >= 11 is 3.51. The van der Waals surface area contributed by atoms with E-state index >= 15 is 0 Å². The molecule has 0 fully saturated rings. The molecule has 1 aliphatic rings. The molecule has 3 aromatic rings. The fourth-order valence-electron chi connectivity index (χ4n) is 3.36. The molecule has 0 bridgehead atoms. The van der Waals surface area contributed by atoms with Crippen LogP contribution in [0.15, 0.2) is 70.6 Å². The molecule has 1 atom stereocenters. The maximum atomic E-state index is 13.1. The van der Waals surface area contributed by atoms with Crippen molar-refractivity contribution >= 4 is 27.8 Å². The van der Waals surface area contributed by atoms with Gasteiger partial charge in [0.25, 0.3) is 0 Å². The summed E-state index contributed by atoms with van der Waals surface area (Å²) in [5.74, 6) is 0.767. The van der Waals surface area contributed by atoms with Crippen molar-refractivity contribution in [3.05, 3.63) is 81.7 Å². The quantitative estimate of drug-likeness (QED) is 0.585. The van der Waals surface area contributed by atoms with Gasteiger partial charge < -0.3 is 14.8 Å². The Morgan fingerprint density at radius 2 is 2.03 bits per heavy atom. The first-order valence-corrected chi connectivity index (χ1v) is 9.79. The summed E-state index contributed by atoms with van der Waals surface area (Å²) in [7, 11) is 1.60. The Kier molecular flexibility index (Phi) is 5.35.